The third-order valence-electron chi connectivity index (χ3n) is 1.99. The molecule has 0 spiro atoms. The highest BCUT2D eigenvalue weighted by molar-refractivity contribution is 9.08. The number of aromatic nitrogens is 1. The van der Waals surface area contributed by atoms with Crippen LogP contribution < -0.4 is 0 Å². The standard InChI is InChI=1S/C10H7BrClNO/c11-5-6-3-10(14)13-9-2-1-7(12)4-8(6)9/h1-4H,5H2,(H,13,14). The van der Waals surface area contributed by atoms with Gasteiger partial charge in [0.05, 0.1) is 5.52 Å². The molecule has 0 amide bonds. The number of pyridine rings is 1. The van der Waals surface area contributed by atoms with Crippen molar-refractivity contribution >= 4 is 38.4 Å². The molecule has 1 aromatic heterocycles. The molecule has 0 bridgehead atoms. The second kappa shape index (κ2) is 3.75. The molecule has 1 N–H and O–H groups in total. The van der Waals surface area contributed by atoms with E-state index in [0.29, 0.717) is 10.4 Å². The molecule has 2 nitrogen and oxygen atoms in total. The zero-order chi connectivity index (χ0) is 10.1. The zero-order valence-corrected chi connectivity index (χ0v) is 9.51. The van der Waals surface area contributed by atoms with Crippen molar-refractivity contribution in [2.24, 2.45) is 0 Å². The van der Waals surface area contributed by atoms with Gasteiger partial charge in [-0.15, -0.1) is 0 Å². The van der Waals surface area contributed by atoms with Gasteiger partial charge in [-0.05, 0) is 23.8 Å². The Morgan fingerprint density at radius 3 is 2.86 bits per heavy atom. The van der Waals surface area contributed by atoms with Crippen molar-refractivity contribution in [2.45, 2.75) is 5.33 Å². The molecule has 0 saturated heterocycles. The Labute approximate surface area is 94.7 Å². The minimum atomic E-state index is 0.0364. The molecule has 0 radical (unpaired) electrons. The third kappa shape index (κ3) is 1.70. The van der Waals surface area contributed by atoms with E-state index in [9.17, 15) is 5.11 Å². The Balaban J connectivity index is 2.81. The van der Waals surface area contributed by atoms with Gasteiger partial charge in [-0.3, -0.25) is 0 Å². The van der Waals surface area contributed by atoms with Gasteiger partial charge in [0.2, 0.25) is 5.88 Å². The predicted octanol–water partition coefficient (Wildman–Crippen LogP) is 3.49. The number of hydrogen-bond acceptors (Lipinski definition) is 2. The minimum Gasteiger partial charge on any atom is -0.493 e. The van der Waals surface area contributed by atoms with Crippen molar-refractivity contribution in [1.82, 2.24) is 4.98 Å². The van der Waals surface area contributed by atoms with Crippen LogP contribution in [0.25, 0.3) is 10.9 Å². The van der Waals surface area contributed by atoms with Crippen LogP contribution in [0.15, 0.2) is 24.3 Å². The van der Waals surface area contributed by atoms with Gasteiger partial charge in [-0.1, -0.05) is 27.5 Å². The van der Waals surface area contributed by atoms with E-state index in [1.807, 2.05) is 6.07 Å². The van der Waals surface area contributed by atoms with Gasteiger partial charge in [-0.25, -0.2) is 4.98 Å². The van der Waals surface area contributed by atoms with Crippen LogP contribution in [0.5, 0.6) is 5.88 Å². The van der Waals surface area contributed by atoms with Crippen LogP contribution in [0.4, 0.5) is 0 Å². The van der Waals surface area contributed by atoms with E-state index < -0.39 is 0 Å². The summed E-state index contributed by atoms with van der Waals surface area (Å²) in [6, 6.07) is 7.03. The molecular formula is C10H7BrClNO. The summed E-state index contributed by atoms with van der Waals surface area (Å²) < 4.78 is 0. The van der Waals surface area contributed by atoms with Crippen LogP contribution in [-0.4, -0.2) is 10.1 Å². The Morgan fingerprint density at radius 2 is 2.14 bits per heavy atom. The van der Waals surface area contributed by atoms with Crippen LogP contribution in [-0.2, 0) is 5.33 Å². The summed E-state index contributed by atoms with van der Waals surface area (Å²) in [5, 5.41) is 11.7. The summed E-state index contributed by atoms with van der Waals surface area (Å²) in [5.41, 5.74) is 1.74. The molecule has 0 aliphatic rings. The van der Waals surface area contributed by atoms with E-state index in [1.165, 1.54) is 0 Å². The van der Waals surface area contributed by atoms with E-state index in [0.717, 1.165) is 16.5 Å². The molecule has 4 heteroatoms. The van der Waals surface area contributed by atoms with Crippen LogP contribution in [0, 0.1) is 0 Å². The molecule has 0 saturated carbocycles. The Bertz CT molecular complexity index is 487. The molecule has 2 aromatic rings. The van der Waals surface area contributed by atoms with E-state index in [1.54, 1.807) is 18.2 Å². The first-order valence-electron chi connectivity index (χ1n) is 4.05. The number of aromatic hydroxyl groups is 1. The van der Waals surface area contributed by atoms with Crippen LogP contribution in [0.2, 0.25) is 5.02 Å². The summed E-state index contributed by atoms with van der Waals surface area (Å²) in [5.74, 6) is 0.0364. The molecule has 0 atom stereocenters. The fraction of sp³-hybridized carbons (Fsp3) is 0.100. The maximum Gasteiger partial charge on any atom is 0.211 e. The number of hydrogen-bond donors (Lipinski definition) is 1. The number of fused-ring (bicyclic) bond motifs is 1. The largest absolute Gasteiger partial charge is 0.493 e. The lowest BCUT2D eigenvalue weighted by Gasteiger charge is -2.04. The quantitative estimate of drug-likeness (QED) is 0.806. The average Bonchev–Trinajstić information content (AvgIpc) is 2.17. The van der Waals surface area contributed by atoms with Gasteiger partial charge in [0.25, 0.3) is 0 Å². The Kier molecular flexibility index (Phi) is 2.61. The first-order chi connectivity index (χ1) is 6.70. The van der Waals surface area contributed by atoms with E-state index in [4.69, 9.17) is 11.6 Å². The molecule has 2 rings (SSSR count). The smallest absolute Gasteiger partial charge is 0.211 e. The van der Waals surface area contributed by atoms with Crippen molar-refractivity contribution in [1.29, 1.82) is 0 Å². The second-order valence-electron chi connectivity index (χ2n) is 2.93. The lowest BCUT2D eigenvalue weighted by molar-refractivity contribution is 0.455. The molecule has 0 unspecified atom stereocenters. The van der Waals surface area contributed by atoms with Gasteiger partial charge < -0.3 is 5.11 Å². The number of alkyl halides is 1. The van der Waals surface area contributed by atoms with Gasteiger partial charge in [-0.2, -0.15) is 0 Å². The predicted molar refractivity (Wildman–Crippen MR) is 61.0 cm³/mol. The van der Waals surface area contributed by atoms with Gasteiger partial charge in [0.15, 0.2) is 0 Å². The molecule has 72 valence electrons. The lowest BCUT2D eigenvalue weighted by atomic mass is 10.1. The maximum absolute atomic E-state index is 9.35. The fourth-order valence-corrected chi connectivity index (χ4v) is 2.00. The molecule has 1 heterocycles. The monoisotopic (exact) mass is 271 g/mol. The van der Waals surface area contributed by atoms with Crippen molar-refractivity contribution in [3.63, 3.8) is 0 Å². The molecule has 14 heavy (non-hydrogen) atoms. The lowest BCUT2D eigenvalue weighted by Crippen LogP contribution is -1.86. The van der Waals surface area contributed by atoms with E-state index in [-0.39, 0.29) is 5.88 Å². The summed E-state index contributed by atoms with van der Waals surface area (Å²) >= 11 is 9.24. The highest BCUT2D eigenvalue weighted by atomic mass is 79.9. The zero-order valence-electron chi connectivity index (χ0n) is 7.17. The normalized spacial score (nSPS) is 10.7. The number of rotatable bonds is 1. The Morgan fingerprint density at radius 1 is 1.36 bits per heavy atom. The van der Waals surface area contributed by atoms with Crippen molar-refractivity contribution < 1.29 is 5.11 Å². The topological polar surface area (TPSA) is 33.1 Å². The third-order valence-corrected chi connectivity index (χ3v) is 2.83. The maximum atomic E-state index is 9.35. The first kappa shape index (κ1) is 9.74. The highest BCUT2D eigenvalue weighted by Gasteiger charge is 2.04. The number of halogens is 2. The van der Waals surface area contributed by atoms with E-state index >= 15 is 0 Å². The molecule has 0 aliphatic heterocycles. The van der Waals surface area contributed by atoms with E-state index in [2.05, 4.69) is 20.9 Å². The number of nitrogens with zero attached hydrogens (tertiary/aromatic N) is 1. The second-order valence-corrected chi connectivity index (χ2v) is 3.93. The first-order valence-corrected chi connectivity index (χ1v) is 5.55. The van der Waals surface area contributed by atoms with Gasteiger partial charge in [0.1, 0.15) is 0 Å². The fourth-order valence-electron chi connectivity index (χ4n) is 1.36. The van der Waals surface area contributed by atoms with Crippen molar-refractivity contribution in [3.8, 4) is 5.88 Å². The Hall–Kier alpha value is -0.800. The minimum absolute atomic E-state index is 0.0364. The van der Waals surface area contributed by atoms with Crippen LogP contribution >= 0.6 is 27.5 Å². The van der Waals surface area contributed by atoms with Crippen molar-refractivity contribution in [3.05, 3.63) is 34.9 Å². The van der Waals surface area contributed by atoms with Gasteiger partial charge >= 0.3 is 0 Å². The molecule has 0 fully saturated rings. The molecule has 1 aromatic carbocycles. The molecule has 0 aliphatic carbocycles. The van der Waals surface area contributed by atoms with Gasteiger partial charge in [0, 0.05) is 21.8 Å². The summed E-state index contributed by atoms with van der Waals surface area (Å²) in [6.45, 7) is 0. The number of benzene rings is 1. The average molecular weight is 273 g/mol. The summed E-state index contributed by atoms with van der Waals surface area (Å²) in [4.78, 5) is 4.00. The summed E-state index contributed by atoms with van der Waals surface area (Å²) in [6.07, 6.45) is 0. The molecular weight excluding hydrogens is 265 g/mol. The van der Waals surface area contributed by atoms with Crippen molar-refractivity contribution in [2.75, 3.05) is 0 Å². The highest BCUT2D eigenvalue weighted by Crippen LogP contribution is 2.25. The SMILES string of the molecule is Oc1cc(CBr)c2cc(Cl)ccc2n1. The van der Waals surface area contributed by atoms with Crippen LogP contribution in [0.3, 0.4) is 0 Å². The van der Waals surface area contributed by atoms with Crippen LogP contribution in [0.1, 0.15) is 5.56 Å². The summed E-state index contributed by atoms with van der Waals surface area (Å²) in [7, 11) is 0.